The summed E-state index contributed by atoms with van der Waals surface area (Å²) in [5, 5.41) is 0. The molecule has 64 valence electrons. The van der Waals surface area contributed by atoms with Gasteiger partial charge in [0.2, 0.25) is 5.91 Å². The Labute approximate surface area is 67.2 Å². The normalized spacial score (nSPS) is 10.1. The number of carbonyl (C=O) groups is 1. The Morgan fingerprint density at radius 3 is 2.55 bits per heavy atom. The van der Waals surface area contributed by atoms with Gasteiger partial charge in [-0.15, -0.1) is 0 Å². The lowest BCUT2D eigenvalue weighted by molar-refractivity contribution is -0.115. The molecule has 0 heterocycles. The molecule has 1 amide bonds. The van der Waals surface area contributed by atoms with Crippen molar-refractivity contribution in [2.24, 2.45) is 11.7 Å². The molecule has 0 bridgehead atoms. The van der Waals surface area contributed by atoms with Crippen LogP contribution in [0.2, 0.25) is 0 Å². The summed E-state index contributed by atoms with van der Waals surface area (Å²) >= 11 is 0. The third-order valence-electron chi connectivity index (χ3n) is 1.08. The largest absolute Gasteiger partial charge is 0.376 e. The topological polar surface area (TPSA) is 52.3 Å². The van der Waals surface area contributed by atoms with Gasteiger partial charge in [0, 0.05) is 12.2 Å². The number of carbonyl (C=O) groups excluding carboxylic acids is 1. The molecule has 0 atom stereocenters. The van der Waals surface area contributed by atoms with Gasteiger partial charge in [0.15, 0.2) is 0 Å². The second-order valence-electron chi connectivity index (χ2n) is 2.88. The van der Waals surface area contributed by atoms with Gasteiger partial charge in [0.25, 0.3) is 0 Å². The number of hydrogen-bond donors (Lipinski definition) is 1. The van der Waals surface area contributed by atoms with Crippen LogP contribution < -0.4 is 5.73 Å². The van der Waals surface area contributed by atoms with Gasteiger partial charge in [-0.05, 0) is 5.92 Å². The third-order valence-corrected chi connectivity index (χ3v) is 1.08. The predicted molar refractivity (Wildman–Crippen MR) is 44.0 cm³/mol. The number of nitrogens with two attached hydrogens (primary N) is 1. The molecule has 0 rings (SSSR count). The molecule has 11 heavy (non-hydrogen) atoms. The van der Waals surface area contributed by atoms with Crippen LogP contribution in [0.15, 0.2) is 12.2 Å². The van der Waals surface area contributed by atoms with Crippen molar-refractivity contribution < 1.29 is 9.53 Å². The molecule has 0 fully saturated rings. The highest BCUT2D eigenvalue weighted by molar-refractivity contribution is 5.91. The molecule has 2 N–H and O–H groups in total. The van der Waals surface area contributed by atoms with Crippen LogP contribution in [0.5, 0.6) is 0 Å². The van der Waals surface area contributed by atoms with Gasteiger partial charge in [-0.1, -0.05) is 20.4 Å². The number of ether oxygens (including phenoxy) is 1. The SMILES string of the molecule is C=C(COCC(C)C)C(N)=O. The molecule has 0 aliphatic carbocycles. The van der Waals surface area contributed by atoms with Gasteiger partial charge < -0.3 is 10.5 Å². The lowest BCUT2D eigenvalue weighted by Crippen LogP contribution is -2.17. The number of amides is 1. The first-order valence-electron chi connectivity index (χ1n) is 3.59. The first kappa shape index (κ1) is 10.2. The monoisotopic (exact) mass is 157 g/mol. The van der Waals surface area contributed by atoms with Gasteiger partial charge in [-0.25, -0.2) is 0 Å². The first-order valence-corrected chi connectivity index (χ1v) is 3.59. The minimum Gasteiger partial charge on any atom is -0.376 e. The summed E-state index contributed by atoms with van der Waals surface area (Å²) in [5.74, 6) is -0.0237. The van der Waals surface area contributed by atoms with Crippen LogP contribution in [0.3, 0.4) is 0 Å². The lowest BCUT2D eigenvalue weighted by atomic mass is 10.2. The van der Waals surface area contributed by atoms with E-state index in [1.165, 1.54) is 0 Å². The minimum atomic E-state index is -0.492. The Hall–Kier alpha value is -0.830. The molecule has 3 nitrogen and oxygen atoms in total. The van der Waals surface area contributed by atoms with Crippen molar-refractivity contribution in [1.82, 2.24) is 0 Å². The molecule has 0 saturated carbocycles. The van der Waals surface area contributed by atoms with Crippen LogP contribution >= 0.6 is 0 Å². The molecule has 3 heteroatoms. The Balaban J connectivity index is 3.40. The van der Waals surface area contributed by atoms with E-state index < -0.39 is 5.91 Å². The Morgan fingerprint density at radius 1 is 1.64 bits per heavy atom. The summed E-state index contributed by atoms with van der Waals surface area (Å²) < 4.78 is 5.12. The maximum atomic E-state index is 10.4. The van der Waals surface area contributed by atoms with Crippen molar-refractivity contribution in [2.75, 3.05) is 13.2 Å². The maximum absolute atomic E-state index is 10.4. The smallest absolute Gasteiger partial charge is 0.246 e. The molecule has 0 unspecified atom stereocenters. The van der Waals surface area contributed by atoms with E-state index >= 15 is 0 Å². The summed E-state index contributed by atoms with van der Waals surface area (Å²) in [4.78, 5) is 10.4. The van der Waals surface area contributed by atoms with Crippen molar-refractivity contribution in [3.63, 3.8) is 0 Å². The summed E-state index contributed by atoms with van der Waals surface area (Å²) in [6, 6.07) is 0. The Bertz CT molecular complexity index is 152. The minimum absolute atomic E-state index is 0.244. The van der Waals surface area contributed by atoms with Gasteiger partial charge in [-0.2, -0.15) is 0 Å². The summed E-state index contributed by atoms with van der Waals surface area (Å²) in [6.07, 6.45) is 0. The van der Waals surface area contributed by atoms with Crippen LogP contribution in [0, 0.1) is 5.92 Å². The van der Waals surface area contributed by atoms with E-state index in [0.717, 1.165) is 0 Å². The van der Waals surface area contributed by atoms with Crippen LogP contribution in [0.25, 0.3) is 0 Å². The van der Waals surface area contributed by atoms with Crippen LogP contribution in [-0.4, -0.2) is 19.1 Å². The first-order chi connectivity index (χ1) is 5.04. The molecule has 0 spiro atoms. The zero-order valence-electron chi connectivity index (χ0n) is 7.09. The Kier molecular flexibility index (Phi) is 4.54. The van der Waals surface area contributed by atoms with E-state index in [0.29, 0.717) is 18.1 Å². The average Bonchev–Trinajstić information content (AvgIpc) is 1.86. The van der Waals surface area contributed by atoms with Gasteiger partial charge >= 0.3 is 0 Å². The van der Waals surface area contributed by atoms with Gasteiger partial charge in [0.1, 0.15) is 0 Å². The molecule has 0 aromatic rings. The lowest BCUT2D eigenvalue weighted by Gasteiger charge is -2.05. The average molecular weight is 157 g/mol. The van der Waals surface area contributed by atoms with E-state index in [9.17, 15) is 4.79 Å². The summed E-state index contributed by atoms with van der Waals surface area (Å²) in [5.41, 5.74) is 5.26. The van der Waals surface area contributed by atoms with Crippen molar-refractivity contribution in [1.29, 1.82) is 0 Å². The van der Waals surface area contributed by atoms with E-state index in [-0.39, 0.29) is 6.61 Å². The second kappa shape index (κ2) is 4.91. The van der Waals surface area contributed by atoms with Crippen LogP contribution in [0.1, 0.15) is 13.8 Å². The number of rotatable bonds is 5. The molecule has 0 aromatic carbocycles. The van der Waals surface area contributed by atoms with Crippen molar-refractivity contribution in [3.8, 4) is 0 Å². The predicted octanol–water partition coefficient (Wildman–Crippen LogP) is 0.701. The van der Waals surface area contributed by atoms with Crippen LogP contribution in [-0.2, 0) is 9.53 Å². The zero-order valence-corrected chi connectivity index (χ0v) is 7.09. The second-order valence-corrected chi connectivity index (χ2v) is 2.88. The Morgan fingerprint density at radius 2 is 2.18 bits per heavy atom. The van der Waals surface area contributed by atoms with E-state index in [2.05, 4.69) is 6.58 Å². The van der Waals surface area contributed by atoms with Crippen molar-refractivity contribution in [2.45, 2.75) is 13.8 Å². The summed E-state index contributed by atoms with van der Waals surface area (Å²) in [7, 11) is 0. The highest BCUT2D eigenvalue weighted by atomic mass is 16.5. The number of primary amides is 1. The molecule has 0 saturated heterocycles. The quantitative estimate of drug-likeness (QED) is 0.597. The zero-order chi connectivity index (χ0) is 8.85. The fourth-order valence-corrected chi connectivity index (χ4v) is 0.489. The van der Waals surface area contributed by atoms with E-state index in [4.69, 9.17) is 10.5 Å². The molecule has 0 radical (unpaired) electrons. The third kappa shape index (κ3) is 5.61. The van der Waals surface area contributed by atoms with Gasteiger partial charge in [-0.3, -0.25) is 4.79 Å². The van der Waals surface area contributed by atoms with Gasteiger partial charge in [0.05, 0.1) is 6.61 Å². The highest BCUT2D eigenvalue weighted by Crippen LogP contribution is 1.95. The molecule has 0 aliphatic rings. The standard InChI is InChI=1S/C8H15NO2/c1-6(2)4-11-5-7(3)8(9)10/h6H,3-5H2,1-2H3,(H2,9,10). The van der Waals surface area contributed by atoms with Crippen LogP contribution in [0.4, 0.5) is 0 Å². The van der Waals surface area contributed by atoms with E-state index in [1.807, 2.05) is 13.8 Å². The summed E-state index contributed by atoms with van der Waals surface area (Å²) in [6.45, 7) is 8.40. The molecular formula is C8H15NO2. The maximum Gasteiger partial charge on any atom is 0.246 e. The fourth-order valence-electron chi connectivity index (χ4n) is 0.489. The molecular weight excluding hydrogens is 142 g/mol. The van der Waals surface area contributed by atoms with E-state index in [1.54, 1.807) is 0 Å². The molecule has 0 aromatic heterocycles. The number of hydrogen-bond acceptors (Lipinski definition) is 2. The van der Waals surface area contributed by atoms with Crippen molar-refractivity contribution in [3.05, 3.63) is 12.2 Å². The highest BCUT2D eigenvalue weighted by Gasteiger charge is 2.01. The fraction of sp³-hybridized carbons (Fsp3) is 0.625. The van der Waals surface area contributed by atoms with Crippen molar-refractivity contribution >= 4 is 5.91 Å². The molecule has 0 aliphatic heterocycles.